The van der Waals surface area contributed by atoms with Gasteiger partial charge in [0.05, 0.1) is 0 Å². The zero-order valence-electron chi connectivity index (χ0n) is 8.66. The minimum Gasteiger partial charge on any atom is -0.381 e. The van der Waals surface area contributed by atoms with Crippen LogP contribution in [0.25, 0.3) is 0 Å². The molecule has 0 bridgehead atoms. The Bertz CT molecular complexity index is 705. The fourth-order valence-electron chi connectivity index (χ4n) is 0.787. The number of nitrogens with one attached hydrogen (secondary N) is 3. The van der Waals surface area contributed by atoms with Crippen LogP contribution in [-0.2, 0) is 0 Å². The van der Waals surface area contributed by atoms with Crippen LogP contribution in [0.3, 0.4) is 0 Å². The topological polar surface area (TPSA) is 137 Å². The van der Waals surface area contributed by atoms with Gasteiger partial charge >= 0.3 is 11.4 Å². The largest absolute Gasteiger partial charge is 0.381 e. The van der Waals surface area contributed by atoms with E-state index in [1.807, 2.05) is 9.97 Å². The van der Waals surface area contributed by atoms with Crippen molar-refractivity contribution in [2.75, 3.05) is 5.73 Å². The van der Waals surface area contributed by atoms with Gasteiger partial charge in [-0.1, -0.05) is 0 Å². The predicted molar refractivity (Wildman–Crippen MR) is 56.9 cm³/mol. The molecule has 10 heteroatoms. The van der Waals surface area contributed by atoms with E-state index in [9.17, 15) is 23.2 Å². The molecule has 0 aliphatic rings. The van der Waals surface area contributed by atoms with Crippen molar-refractivity contribution in [1.82, 2.24) is 19.9 Å². The average molecular weight is 259 g/mol. The van der Waals surface area contributed by atoms with Gasteiger partial charge < -0.3 is 15.7 Å². The molecule has 2 aromatic heterocycles. The first-order valence-electron chi connectivity index (χ1n) is 4.38. The summed E-state index contributed by atoms with van der Waals surface area (Å²) < 4.78 is 24.1. The van der Waals surface area contributed by atoms with Gasteiger partial charge in [0.2, 0.25) is 5.82 Å². The van der Waals surface area contributed by atoms with Gasteiger partial charge in [-0.25, -0.2) is 14.0 Å². The Morgan fingerprint density at radius 3 is 2.11 bits per heavy atom. The van der Waals surface area contributed by atoms with Crippen molar-refractivity contribution < 1.29 is 8.78 Å². The van der Waals surface area contributed by atoms with Crippen molar-refractivity contribution >= 4 is 5.82 Å². The number of hydrogen-bond acceptors (Lipinski definition) is 5. The number of rotatable bonds is 0. The molecular weight excluding hydrogens is 252 g/mol. The summed E-state index contributed by atoms with van der Waals surface area (Å²) in [5, 5.41) is 0. The van der Waals surface area contributed by atoms with Gasteiger partial charge in [-0.15, -0.1) is 0 Å². The van der Waals surface area contributed by atoms with E-state index >= 15 is 0 Å². The standard InChI is InChI=1S/C4H4FN3O.C4H3FN2O2/c5-2-1-7-4(9)8-3(2)6;5-2-1-6-4(9)7-3(2)8/h1H,(H3,6,7,8,9);1H,(H2,6,7,8,9). The van der Waals surface area contributed by atoms with Crippen molar-refractivity contribution in [3.63, 3.8) is 0 Å². The second-order valence-electron chi connectivity index (χ2n) is 2.86. The van der Waals surface area contributed by atoms with Gasteiger partial charge in [0.25, 0.3) is 5.56 Å². The molecule has 0 saturated heterocycles. The maximum Gasteiger partial charge on any atom is 0.347 e. The Morgan fingerprint density at radius 2 is 1.67 bits per heavy atom. The summed E-state index contributed by atoms with van der Waals surface area (Å²) in [7, 11) is 0. The first kappa shape index (κ1) is 13.3. The Labute approximate surface area is 96.5 Å². The van der Waals surface area contributed by atoms with Gasteiger partial charge in [0.15, 0.2) is 11.6 Å². The van der Waals surface area contributed by atoms with Crippen LogP contribution < -0.4 is 22.7 Å². The molecule has 8 nitrogen and oxygen atoms in total. The van der Waals surface area contributed by atoms with Gasteiger partial charge in [0.1, 0.15) is 0 Å². The maximum atomic E-state index is 12.1. The molecule has 2 heterocycles. The van der Waals surface area contributed by atoms with Gasteiger partial charge in [-0.05, 0) is 0 Å². The van der Waals surface area contributed by atoms with Crippen LogP contribution in [0.4, 0.5) is 14.6 Å². The number of hydrogen-bond donors (Lipinski definition) is 4. The molecule has 96 valence electrons. The van der Waals surface area contributed by atoms with E-state index in [2.05, 4.69) is 4.98 Å². The fraction of sp³-hybridized carbons (Fsp3) is 0. The van der Waals surface area contributed by atoms with Gasteiger partial charge in [-0.2, -0.15) is 9.37 Å². The minimum absolute atomic E-state index is 0.376. The third-order valence-electron chi connectivity index (χ3n) is 1.56. The highest BCUT2D eigenvalue weighted by Crippen LogP contribution is 1.96. The summed E-state index contributed by atoms with van der Waals surface area (Å²) in [5.74, 6) is -2.08. The number of aromatic amines is 3. The predicted octanol–water partition coefficient (Wildman–Crippen LogP) is -1.31. The van der Waals surface area contributed by atoms with E-state index in [1.54, 1.807) is 4.98 Å². The summed E-state index contributed by atoms with van der Waals surface area (Å²) in [5.41, 5.74) is 2.56. The highest BCUT2D eigenvalue weighted by molar-refractivity contribution is 5.25. The first-order chi connectivity index (χ1) is 8.40. The van der Waals surface area contributed by atoms with Crippen LogP contribution in [0.15, 0.2) is 26.8 Å². The quantitative estimate of drug-likeness (QED) is 0.465. The summed E-state index contributed by atoms with van der Waals surface area (Å²) in [6.45, 7) is 0. The monoisotopic (exact) mass is 259 g/mol. The molecule has 0 fully saturated rings. The molecule has 0 unspecified atom stereocenters. The van der Waals surface area contributed by atoms with Crippen LogP contribution in [0.1, 0.15) is 0 Å². The Kier molecular flexibility index (Phi) is 4.07. The van der Waals surface area contributed by atoms with Crippen LogP contribution in [0.2, 0.25) is 0 Å². The molecule has 0 amide bonds. The number of anilines is 1. The van der Waals surface area contributed by atoms with E-state index < -0.39 is 28.6 Å². The summed E-state index contributed by atoms with van der Waals surface area (Å²) in [4.78, 5) is 39.3. The molecule has 0 aliphatic heterocycles. The molecule has 2 rings (SSSR count). The van der Waals surface area contributed by atoms with Crippen molar-refractivity contribution in [3.05, 3.63) is 55.4 Å². The highest BCUT2D eigenvalue weighted by atomic mass is 19.1. The van der Waals surface area contributed by atoms with E-state index in [4.69, 9.17) is 5.73 Å². The van der Waals surface area contributed by atoms with Gasteiger partial charge in [-0.3, -0.25) is 9.78 Å². The number of nitrogen functional groups attached to an aromatic ring is 1. The molecule has 18 heavy (non-hydrogen) atoms. The first-order valence-corrected chi connectivity index (χ1v) is 4.38. The zero-order valence-corrected chi connectivity index (χ0v) is 8.66. The lowest BCUT2D eigenvalue weighted by atomic mass is 10.6. The molecule has 0 atom stereocenters. The van der Waals surface area contributed by atoms with Crippen molar-refractivity contribution in [1.29, 1.82) is 0 Å². The maximum absolute atomic E-state index is 12.1. The molecule has 0 spiro atoms. The van der Waals surface area contributed by atoms with Crippen molar-refractivity contribution in [2.24, 2.45) is 0 Å². The fourth-order valence-corrected chi connectivity index (χ4v) is 0.787. The average Bonchev–Trinajstić information content (AvgIpc) is 2.30. The summed E-state index contributed by atoms with van der Waals surface area (Å²) in [6, 6.07) is 0. The summed E-state index contributed by atoms with van der Waals surface area (Å²) in [6.07, 6.45) is 1.58. The molecule has 0 aliphatic carbocycles. The normalized spacial score (nSPS) is 9.44. The summed E-state index contributed by atoms with van der Waals surface area (Å²) >= 11 is 0. The lowest BCUT2D eigenvalue weighted by Gasteiger charge is -1.88. The molecule has 0 saturated carbocycles. The van der Waals surface area contributed by atoms with E-state index in [1.165, 1.54) is 0 Å². The third-order valence-corrected chi connectivity index (χ3v) is 1.56. The van der Waals surface area contributed by atoms with Crippen molar-refractivity contribution in [3.8, 4) is 0 Å². The lowest BCUT2D eigenvalue weighted by molar-refractivity contribution is 0.597. The van der Waals surface area contributed by atoms with E-state index in [0.29, 0.717) is 6.20 Å². The number of aromatic nitrogens is 4. The molecule has 0 radical (unpaired) electrons. The van der Waals surface area contributed by atoms with E-state index in [0.717, 1.165) is 6.20 Å². The molecule has 0 aromatic carbocycles. The number of nitrogens with zero attached hydrogens (tertiary/aromatic N) is 1. The third kappa shape index (κ3) is 3.66. The molecule has 2 aromatic rings. The lowest BCUT2D eigenvalue weighted by Crippen LogP contribution is -2.23. The van der Waals surface area contributed by atoms with Gasteiger partial charge in [0, 0.05) is 12.4 Å². The number of halogens is 2. The van der Waals surface area contributed by atoms with Crippen LogP contribution in [0.5, 0.6) is 0 Å². The van der Waals surface area contributed by atoms with E-state index in [-0.39, 0.29) is 5.82 Å². The zero-order chi connectivity index (χ0) is 13.7. The van der Waals surface area contributed by atoms with Crippen LogP contribution >= 0.6 is 0 Å². The van der Waals surface area contributed by atoms with Crippen LogP contribution in [-0.4, -0.2) is 19.9 Å². The van der Waals surface area contributed by atoms with Crippen LogP contribution in [0, 0.1) is 11.6 Å². The Balaban J connectivity index is 0.000000180. The molecule has 5 N–H and O–H groups in total. The molecular formula is C8H7F2N5O3. The minimum atomic E-state index is -1.00. The number of H-pyrrole nitrogens is 3. The van der Waals surface area contributed by atoms with Crippen molar-refractivity contribution in [2.45, 2.75) is 0 Å². The Hall–Kier alpha value is -2.78. The second-order valence-corrected chi connectivity index (χ2v) is 2.86. The second kappa shape index (κ2) is 5.52. The SMILES string of the molecule is Nc1nc(=O)[nH]cc1F.O=c1[nH]cc(F)c(=O)[nH]1. The Morgan fingerprint density at radius 1 is 1.06 bits per heavy atom. The smallest absolute Gasteiger partial charge is 0.347 e. The highest BCUT2D eigenvalue weighted by Gasteiger charge is 1.96. The number of nitrogens with two attached hydrogens (primary N) is 1.